The fraction of sp³-hybridized carbons (Fsp3) is 0.0714. The first kappa shape index (κ1) is 12.9. The summed E-state index contributed by atoms with van der Waals surface area (Å²) in [6.45, 7) is 0.524. The highest BCUT2D eigenvalue weighted by Crippen LogP contribution is 2.12. The zero-order valence-corrected chi connectivity index (χ0v) is 10.2. The molecule has 5 heteroatoms. The number of benzene rings is 2. The van der Waals surface area contributed by atoms with Crippen LogP contribution in [0.2, 0.25) is 0 Å². The zero-order chi connectivity index (χ0) is 13.7. The predicted octanol–water partition coefficient (Wildman–Crippen LogP) is 2.53. The molecule has 2 aromatic rings. The molecule has 4 N–H and O–H groups in total. The van der Waals surface area contributed by atoms with Gasteiger partial charge in [0.25, 0.3) is 0 Å². The van der Waals surface area contributed by atoms with Gasteiger partial charge in [-0.15, -0.1) is 0 Å². The molecule has 0 amide bonds. The van der Waals surface area contributed by atoms with E-state index in [1.54, 1.807) is 24.3 Å². The van der Waals surface area contributed by atoms with E-state index in [2.05, 4.69) is 10.5 Å². The van der Waals surface area contributed by atoms with E-state index in [0.29, 0.717) is 17.8 Å². The third-order valence-corrected chi connectivity index (χ3v) is 2.65. The number of anilines is 1. The number of nitrogens with zero attached hydrogens (tertiary/aromatic N) is 1. The molecule has 0 saturated heterocycles. The van der Waals surface area contributed by atoms with E-state index in [-0.39, 0.29) is 11.7 Å². The van der Waals surface area contributed by atoms with E-state index in [1.165, 1.54) is 12.1 Å². The molecule has 0 unspecified atom stereocenters. The fourth-order valence-corrected chi connectivity index (χ4v) is 1.70. The largest absolute Gasteiger partial charge is 0.409 e. The van der Waals surface area contributed by atoms with Crippen molar-refractivity contribution in [1.29, 1.82) is 0 Å². The molecule has 0 fully saturated rings. The lowest BCUT2D eigenvalue weighted by Crippen LogP contribution is -2.13. The molecule has 19 heavy (non-hydrogen) atoms. The molecule has 0 atom stereocenters. The van der Waals surface area contributed by atoms with Crippen LogP contribution in [0.3, 0.4) is 0 Å². The number of amidine groups is 1. The summed E-state index contributed by atoms with van der Waals surface area (Å²) < 4.78 is 13.0. The van der Waals surface area contributed by atoms with Crippen molar-refractivity contribution in [3.63, 3.8) is 0 Å². The number of halogens is 1. The highest BCUT2D eigenvalue weighted by molar-refractivity contribution is 5.97. The number of nitrogens with one attached hydrogen (secondary N) is 1. The Hall–Kier alpha value is -2.56. The van der Waals surface area contributed by atoms with Crippen molar-refractivity contribution in [2.45, 2.75) is 6.54 Å². The van der Waals surface area contributed by atoms with E-state index in [4.69, 9.17) is 10.9 Å². The van der Waals surface area contributed by atoms with Gasteiger partial charge in [0, 0.05) is 17.8 Å². The molecule has 2 aromatic carbocycles. The summed E-state index contributed by atoms with van der Waals surface area (Å²) in [7, 11) is 0. The molecule has 0 aliphatic heterocycles. The highest BCUT2D eigenvalue weighted by atomic mass is 19.1. The molecule has 0 bridgehead atoms. The smallest absolute Gasteiger partial charge is 0.170 e. The standard InChI is InChI=1S/C14H14FN3O/c15-12-5-2-6-13(8-12)17-9-10-3-1-4-11(7-10)14(16)18-19/h1-8,17,19H,9H2,(H2,16,18). The van der Waals surface area contributed by atoms with Crippen LogP contribution in [0.25, 0.3) is 0 Å². The summed E-state index contributed by atoms with van der Waals surface area (Å²) in [5.74, 6) is -0.219. The van der Waals surface area contributed by atoms with Gasteiger partial charge in [0.05, 0.1) is 0 Å². The first-order chi connectivity index (χ1) is 9.19. The maximum atomic E-state index is 13.0. The summed E-state index contributed by atoms with van der Waals surface area (Å²) in [6, 6.07) is 13.5. The van der Waals surface area contributed by atoms with Crippen LogP contribution in [0.1, 0.15) is 11.1 Å². The normalized spacial score (nSPS) is 11.3. The molecule has 0 saturated carbocycles. The number of hydrogen-bond acceptors (Lipinski definition) is 3. The molecule has 0 aromatic heterocycles. The van der Waals surface area contributed by atoms with Gasteiger partial charge in [-0.2, -0.15) is 0 Å². The summed E-state index contributed by atoms with van der Waals surface area (Å²) in [5.41, 5.74) is 7.82. The molecule has 98 valence electrons. The predicted molar refractivity (Wildman–Crippen MR) is 72.7 cm³/mol. The Kier molecular flexibility index (Phi) is 3.97. The van der Waals surface area contributed by atoms with Crippen LogP contribution in [0, 0.1) is 5.82 Å². The van der Waals surface area contributed by atoms with Gasteiger partial charge >= 0.3 is 0 Å². The summed E-state index contributed by atoms with van der Waals surface area (Å²) in [4.78, 5) is 0. The van der Waals surface area contributed by atoms with Crippen molar-refractivity contribution in [2.24, 2.45) is 10.9 Å². The third kappa shape index (κ3) is 3.45. The van der Waals surface area contributed by atoms with Gasteiger partial charge in [0.1, 0.15) is 5.82 Å². The quantitative estimate of drug-likeness (QED) is 0.342. The maximum absolute atomic E-state index is 13.0. The Morgan fingerprint density at radius 3 is 2.74 bits per heavy atom. The van der Waals surface area contributed by atoms with Crippen LogP contribution in [0.15, 0.2) is 53.7 Å². The molecule has 0 heterocycles. The number of oxime groups is 1. The third-order valence-electron chi connectivity index (χ3n) is 2.65. The van der Waals surface area contributed by atoms with Gasteiger partial charge in [0.15, 0.2) is 5.84 Å². The van der Waals surface area contributed by atoms with Crippen LogP contribution < -0.4 is 11.1 Å². The SMILES string of the molecule is NC(=NO)c1cccc(CNc2cccc(F)c2)c1. The number of nitrogens with two attached hydrogens (primary N) is 1. The minimum Gasteiger partial charge on any atom is -0.409 e. The second-order valence-corrected chi connectivity index (χ2v) is 4.05. The van der Waals surface area contributed by atoms with Crippen LogP contribution >= 0.6 is 0 Å². The number of rotatable bonds is 4. The molecule has 0 aliphatic rings. The van der Waals surface area contributed by atoms with Gasteiger partial charge in [-0.3, -0.25) is 0 Å². The Bertz CT molecular complexity index is 599. The van der Waals surface area contributed by atoms with Crippen molar-refractivity contribution >= 4 is 11.5 Å². The lowest BCUT2D eigenvalue weighted by atomic mass is 10.1. The summed E-state index contributed by atoms with van der Waals surface area (Å²) >= 11 is 0. The van der Waals surface area contributed by atoms with Crippen molar-refractivity contribution in [1.82, 2.24) is 0 Å². The average Bonchev–Trinajstić information content (AvgIpc) is 2.45. The minimum atomic E-state index is -0.282. The first-order valence-corrected chi connectivity index (χ1v) is 5.75. The average molecular weight is 259 g/mol. The van der Waals surface area contributed by atoms with E-state index >= 15 is 0 Å². The van der Waals surface area contributed by atoms with Crippen LogP contribution in [0.4, 0.5) is 10.1 Å². The zero-order valence-electron chi connectivity index (χ0n) is 10.2. The molecule has 0 spiro atoms. The van der Waals surface area contributed by atoms with E-state index in [0.717, 1.165) is 5.56 Å². The van der Waals surface area contributed by atoms with Crippen molar-refractivity contribution in [3.8, 4) is 0 Å². The molecule has 2 rings (SSSR count). The van der Waals surface area contributed by atoms with Gasteiger partial charge in [-0.25, -0.2) is 4.39 Å². The second-order valence-electron chi connectivity index (χ2n) is 4.05. The van der Waals surface area contributed by atoms with Gasteiger partial charge < -0.3 is 16.3 Å². The minimum absolute atomic E-state index is 0.0626. The molecule has 0 radical (unpaired) electrons. The van der Waals surface area contributed by atoms with Crippen LogP contribution in [-0.2, 0) is 6.54 Å². The van der Waals surface area contributed by atoms with E-state index < -0.39 is 0 Å². The molecule has 4 nitrogen and oxygen atoms in total. The summed E-state index contributed by atoms with van der Waals surface area (Å²) in [6.07, 6.45) is 0. The second kappa shape index (κ2) is 5.86. The van der Waals surface area contributed by atoms with E-state index in [1.807, 2.05) is 12.1 Å². The topological polar surface area (TPSA) is 70.6 Å². The Labute approximate surface area is 110 Å². The van der Waals surface area contributed by atoms with Gasteiger partial charge in [-0.05, 0) is 29.8 Å². The summed E-state index contributed by atoms with van der Waals surface area (Å²) in [5, 5.41) is 14.7. The molecule has 0 aliphatic carbocycles. The van der Waals surface area contributed by atoms with Crippen molar-refractivity contribution < 1.29 is 9.60 Å². The van der Waals surface area contributed by atoms with Crippen LogP contribution in [0.5, 0.6) is 0 Å². The van der Waals surface area contributed by atoms with E-state index in [9.17, 15) is 4.39 Å². The molecular formula is C14H14FN3O. The maximum Gasteiger partial charge on any atom is 0.170 e. The fourth-order valence-electron chi connectivity index (χ4n) is 1.70. The van der Waals surface area contributed by atoms with Gasteiger partial charge in [-0.1, -0.05) is 29.4 Å². The van der Waals surface area contributed by atoms with Crippen LogP contribution in [-0.4, -0.2) is 11.0 Å². The highest BCUT2D eigenvalue weighted by Gasteiger charge is 2.01. The van der Waals surface area contributed by atoms with Crippen molar-refractivity contribution in [3.05, 3.63) is 65.5 Å². The number of hydrogen-bond donors (Lipinski definition) is 3. The Balaban J connectivity index is 2.08. The Morgan fingerprint density at radius 2 is 2.00 bits per heavy atom. The van der Waals surface area contributed by atoms with Gasteiger partial charge in [0.2, 0.25) is 0 Å². The molecular weight excluding hydrogens is 245 g/mol. The van der Waals surface area contributed by atoms with Crippen molar-refractivity contribution in [2.75, 3.05) is 5.32 Å². The Morgan fingerprint density at radius 1 is 1.21 bits per heavy atom. The lowest BCUT2D eigenvalue weighted by molar-refractivity contribution is 0.318. The monoisotopic (exact) mass is 259 g/mol. The lowest BCUT2D eigenvalue weighted by Gasteiger charge is -2.08. The first-order valence-electron chi connectivity index (χ1n) is 5.75.